The minimum atomic E-state index is 0.727. The minimum absolute atomic E-state index is 0.727. The first-order valence-corrected chi connectivity index (χ1v) is 6.77. The van der Waals surface area contributed by atoms with Gasteiger partial charge in [0.1, 0.15) is 12.4 Å². The molecular weight excluding hydrogens is 210 g/mol. The standard InChI is InChI=1S/C15H23NO/c1-13-7-9-15(10-8-13)17-12-11-16-14-5-3-2-4-6-14/h7-10,14,16H,2-6,11-12H2,1H3. The molecule has 94 valence electrons. The maximum absolute atomic E-state index is 5.69. The lowest BCUT2D eigenvalue weighted by Gasteiger charge is -2.22. The zero-order chi connectivity index (χ0) is 11.9. The summed E-state index contributed by atoms with van der Waals surface area (Å²) in [4.78, 5) is 0. The Morgan fingerprint density at radius 3 is 2.53 bits per heavy atom. The fourth-order valence-corrected chi connectivity index (χ4v) is 2.37. The molecule has 0 aliphatic heterocycles. The summed E-state index contributed by atoms with van der Waals surface area (Å²) in [5.41, 5.74) is 1.28. The second-order valence-corrected chi connectivity index (χ2v) is 4.95. The van der Waals surface area contributed by atoms with Crippen LogP contribution in [0.25, 0.3) is 0 Å². The second kappa shape index (κ2) is 6.65. The van der Waals surface area contributed by atoms with Crippen LogP contribution in [-0.4, -0.2) is 19.2 Å². The highest BCUT2D eigenvalue weighted by molar-refractivity contribution is 5.26. The highest BCUT2D eigenvalue weighted by Gasteiger charge is 2.11. The van der Waals surface area contributed by atoms with E-state index in [2.05, 4.69) is 24.4 Å². The summed E-state index contributed by atoms with van der Waals surface area (Å²) in [6.45, 7) is 3.81. The van der Waals surface area contributed by atoms with Crippen molar-refractivity contribution in [2.45, 2.75) is 45.1 Å². The Kier molecular flexibility index (Phi) is 4.87. The van der Waals surface area contributed by atoms with E-state index in [-0.39, 0.29) is 0 Å². The number of hydrogen-bond acceptors (Lipinski definition) is 2. The highest BCUT2D eigenvalue weighted by atomic mass is 16.5. The zero-order valence-corrected chi connectivity index (χ0v) is 10.7. The molecule has 0 heterocycles. The number of nitrogens with one attached hydrogen (secondary N) is 1. The van der Waals surface area contributed by atoms with Crippen molar-refractivity contribution in [3.63, 3.8) is 0 Å². The van der Waals surface area contributed by atoms with E-state index in [1.807, 2.05) is 12.1 Å². The molecule has 2 rings (SSSR count). The van der Waals surface area contributed by atoms with Crippen molar-refractivity contribution >= 4 is 0 Å². The van der Waals surface area contributed by atoms with Crippen LogP contribution < -0.4 is 10.1 Å². The molecular formula is C15H23NO. The zero-order valence-electron chi connectivity index (χ0n) is 10.7. The van der Waals surface area contributed by atoms with Crippen LogP contribution in [0.4, 0.5) is 0 Å². The molecule has 0 saturated heterocycles. The average Bonchev–Trinajstić information content (AvgIpc) is 2.38. The Labute approximate surface area is 104 Å². The summed E-state index contributed by atoms with van der Waals surface area (Å²) >= 11 is 0. The molecule has 1 aromatic rings. The molecule has 1 aromatic carbocycles. The van der Waals surface area contributed by atoms with Gasteiger partial charge in [-0.15, -0.1) is 0 Å². The molecule has 0 atom stereocenters. The van der Waals surface area contributed by atoms with Gasteiger partial charge in [0, 0.05) is 12.6 Å². The van der Waals surface area contributed by atoms with Gasteiger partial charge in [0.05, 0.1) is 0 Å². The smallest absolute Gasteiger partial charge is 0.119 e. The molecule has 0 radical (unpaired) electrons. The lowest BCUT2D eigenvalue weighted by molar-refractivity contribution is 0.289. The van der Waals surface area contributed by atoms with Gasteiger partial charge in [-0.05, 0) is 31.9 Å². The van der Waals surface area contributed by atoms with Crippen LogP contribution in [0.3, 0.4) is 0 Å². The van der Waals surface area contributed by atoms with Gasteiger partial charge >= 0.3 is 0 Å². The number of aryl methyl sites for hydroxylation is 1. The van der Waals surface area contributed by atoms with Crippen LogP contribution in [0.2, 0.25) is 0 Å². The minimum Gasteiger partial charge on any atom is -0.492 e. The summed E-state index contributed by atoms with van der Waals surface area (Å²) in [7, 11) is 0. The summed E-state index contributed by atoms with van der Waals surface area (Å²) in [5, 5.41) is 3.58. The first-order valence-electron chi connectivity index (χ1n) is 6.77. The van der Waals surface area contributed by atoms with Crippen molar-refractivity contribution in [1.82, 2.24) is 5.32 Å². The number of rotatable bonds is 5. The van der Waals surface area contributed by atoms with Crippen LogP contribution in [-0.2, 0) is 0 Å². The molecule has 2 heteroatoms. The largest absolute Gasteiger partial charge is 0.492 e. The molecule has 1 saturated carbocycles. The molecule has 1 aliphatic carbocycles. The van der Waals surface area contributed by atoms with E-state index in [0.29, 0.717) is 0 Å². The van der Waals surface area contributed by atoms with Crippen LogP contribution in [0, 0.1) is 6.92 Å². The first kappa shape index (κ1) is 12.4. The predicted octanol–water partition coefficient (Wildman–Crippen LogP) is 3.30. The summed E-state index contributed by atoms with van der Waals surface area (Å²) in [6, 6.07) is 8.98. The third-order valence-electron chi connectivity index (χ3n) is 3.43. The van der Waals surface area contributed by atoms with Gasteiger partial charge in [0.2, 0.25) is 0 Å². The van der Waals surface area contributed by atoms with Crippen LogP contribution in [0.15, 0.2) is 24.3 Å². The van der Waals surface area contributed by atoms with Gasteiger partial charge in [0.25, 0.3) is 0 Å². The van der Waals surface area contributed by atoms with E-state index in [9.17, 15) is 0 Å². The fourth-order valence-electron chi connectivity index (χ4n) is 2.37. The monoisotopic (exact) mass is 233 g/mol. The van der Waals surface area contributed by atoms with Crippen LogP contribution in [0.1, 0.15) is 37.7 Å². The van der Waals surface area contributed by atoms with E-state index >= 15 is 0 Å². The Bertz CT molecular complexity index is 314. The van der Waals surface area contributed by atoms with Gasteiger partial charge in [-0.2, -0.15) is 0 Å². The van der Waals surface area contributed by atoms with E-state index < -0.39 is 0 Å². The number of hydrogen-bond donors (Lipinski definition) is 1. The molecule has 0 aromatic heterocycles. The average molecular weight is 233 g/mol. The van der Waals surface area contributed by atoms with Crippen molar-refractivity contribution < 1.29 is 4.74 Å². The van der Waals surface area contributed by atoms with E-state index in [1.54, 1.807) is 0 Å². The van der Waals surface area contributed by atoms with Crippen LogP contribution >= 0.6 is 0 Å². The van der Waals surface area contributed by atoms with Gasteiger partial charge in [-0.1, -0.05) is 37.0 Å². The van der Waals surface area contributed by atoms with Crippen molar-refractivity contribution in [3.8, 4) is 5.75 Å². The molecule has 1 N–H and O–H groups in total. The van der Waals surface area contributed by atoms with Gasteiger partial charge < -0.3 is 10.1 Å². The van der Waals surface area contributed by atoms with Crippen molar-refractivity contribution in [3.05, 3.63) is 29.8 Å². The molecule has 0 unspecified atom stereocenters. The van der Waals surface area contributed by atoms with E-state index in [0.717, 1.165) is 24.9 Å². The van der Waals surface area contributed by atoms with E-state index in [4.69, 9.17) is 4.74 Å². The topological polar surface area (TPSA) is 21.3 Å². The maximum atomic E-state index is 5.69. The highest BCUT2D eigenvalue weighted by Crippen LogP contribution is 2.17. The Balaban J connectivity index is 1.60. The van der Waals surface area contributed by atoms with E-state index in [1.165, 1.54) is 37.7 Å². The summed E-state index contributed by atoms with van der Waals surface area (Å²) in [5.74, 6) is 0.973. The number of benzene rings is 1. The molecule has 1 aliphatic rings. The molecule has 17 heavy (non-hydrogen) atoms. The lowest BCUT2D eigenvalue weighted by atomic mass is 9.96. The van der Waals surface area contributed by atoms with Crippen molar-refractivity contribution in [1.29, 1.82) is 0 Å². The quantitative estimate of drug-likeness (QED) is 0.788. The third kappa shape index (κ3) is 4.39. The van der Waals surface area contributed by atoms with Crippen molar-refractivity contribution in [2.75, 3.05) is 13.2 Å². The second-order valence-electron chi connectivity index (χ2n) is 4.95. The third-order valence-corrected chi connectivity index (χ3v) is 3.43. The van der Waals surface area contributed by atoms with Crippen molar-refractivity contribution in [2.24, 2.45) is 0 Å². The van der Waals surface area contributed by atoms with Gasteiger partial charge in [-0.25, -0.2) is 0 Å². The molecule has 0 bridgehead atoms. The molecule has 0 spiro atoms. The van der Waals surface area contributed by atoms with Crippen LogP contribution in [0.5, 0.6) is 5.75 Å². The predicted molar refractivity (Wildman–Crippen MR) is 71.5 cm³/mol. The molecule has 1 fully saturated rings. The Hall–Kier alpha value is -1.02. The summed E-state index contributed by atoms with van der Waals surface area (Å²) < 4.78 is 5.69. The Morgan fingerprint density at radius 1 is 1.12 bits per heavy atom. The maximum Gasteiger partial charge on any atom is 0.119 e. The Morgan fingerprint density at radius 2 is 1.82 bits per heavy atom. The SMILES string of the molecule is Cc1ccc(OCCNC2CCCCC2)cc1. The summed E-state index contributed by atoms with van der Waals surface area (Å²) in [6.07, 6.45) is 6.86. The molecule has 2 nitrogen and oxygen atoms in total. The van der Waals surface area contributed by atoms with Gasteiger partial charge in [-0.3, -0.25) is 0 Å². The van der Waals surface area contributed by atoms with Gasteiger partial charge in [0.15, 0.2) is 0 Å². The fraction of sp³-hybridized carbons (Fsp3) is 0.600. The molecule has 0 amide bonds. The lowest BCUT2D eigenvalue weighted by Crippen LogP contribution is -2.34. The normalized spacial score (nSPS) is 17.0. The number of ether oxygens (including phenoxy) is 1. The first-order chi connectivity index (χ1) is 8.34.